The van der Waals surface area contributed by atoms with Crippen LogP contribution in [0, 0.1) is 5.92 Å². The van der Waals surface area contributed by atoms with Crippen molar-refractivity contribution in [3.05, 3.63) is 65.2 Å². The summed E-state index contributed by atoms with van der Waals surface area (Å²) in [5.74, 6) is -1.08. The molecule has 5 heteroatoms. The van der Waals surface area contributed by atoms with Crippen molar-refractivity contribution < 1.29 is 9.59 Å². The van der Waals surface area contributed by atoms with Crippen LogP contribution >= 0.6 is 11.6 Å². The highest BCUT2D eigenvalue weighted by molar-refractivity contribution is 6.30. The Morgan fingerprint density at radius 3 is 2.17 bits per heavy atom. The quantitative estimate of drug-likeness (QED) is 0.878. The van der Waals surface area contributed by atoms with Crippen LogP contribution < -0.4 is 10.6 Å². The normalized spacial score (nSPS) is 13.0. The number of amides is 2. The third-order valence-electron chi connectivity index (χ3n) is 3.67. The number of hydrogen-bond donors (Lipinski definition) is 2. The van der Waals surface area contributed by atoms with E-state index in [9.17, 15) is 9.59 Å². The predicted octanol–water partition coefficient (Wildman–Crippen LogP) is 3.73. The fourth-order valence-electron chi connectivity index (χ4n) is 2.05. The molecule has 0 aliphatic carbocycles. The summed E-state index contributed by atoms with van der Waals surface area (Å²) in [5.41, 5.74) is 1.34. The molecule has 0 aromatic heterocycles. The highest BCUT2D eigenvalue weighted by atomic mass is 35.5. The molecule has 120 valence electrons. The van der Waals surface area contributed by atoms with Crippen LogP contribution in [0.3, 0.4) is 0 Å². The zero-order valence-electron chi connectivity index (χ0n) is 13.0. The van der Waals surface area contributed by atoms with Crippen molar-refractivity contribution in [1.82, 2.24) is 5.32 Å². The second-order valence-electron chi connectivity index (χ2n) is 5.41. The molecule has 2 aromatic rings. The van der Waals surface area contributed by atoms with Gasteiger partial charge < -0.3 is 5.32 Å². The van der Waals surface area contributed by atoms with Gasteiger partial charge in [-0.3, -0.25) is 14.9 Å². The molecule has 0 radical (unpaired) electrons. The average molecular weight is 331 g/mol. The minimum absolute atomic E-state index is 0.139. The van der Waals surface area contributed by atoms with Gasteiger partial charge in [0.1, 0.15) is 0 Å². The van der Waals surface area contributed by atoms with E-state index < -0.39 is 0 Å². The summed E-state index contributed by atoms with van der Waals surface area (Å²) in [4.78, 5) is 24.2. The van der Waals surface area contributed by atoms with Crippen molar-refractivity contribution >= 4 is 29.1 Å². The number of hydrogen-bond acceptors (Lipinski definition) is 3. The van der Waals surface area contributed by atoms with E-state index in [-0.39, 0.29) is 23.8 Å². The first-order valence-electron chi connectivity index (χ1n) is 7.39. The molecule has 2 N–H and O–H groups in total. The molecule has 0 aliphatic heterocycles. The monoisotopic (exact) mass is 330 g/mol. The van der Waals surface area contributed by atoms with Gasteiger partial charge in [-0.1, -0.05) is 36.7 Å². The SMILES string of the molecule is C[C@H](Nc1ccc(Cl)cc1)[C@H](C)C(=O)NC(=O)c1ccccc1. The summed E-state index contributed by atoms with van der Waals surface area (Å²) < 4.78 is 0. The fourth-order valence-corrected chi connectivity index (χ4v) is 2.17. The second kappa shape index (κ2) is 7.79. The lowest BCUT2D eigenvalue weighted by Crippen LogP contribution is -2.40. The maximum Gasteiger partial charge on any atom is 0.257 e. The van der Waals surface area contributed by atoms with Gasteiger partial charge in [-0.15, -0.1) is 0 Å². The number of imide groups is 1. The molecule has 23 heavy (non-hydrogen) atoms. The Labute approximate surface area is 140 Å². The topological polar surface area (TPSA) is 58.2 Å². The van der Waals surface area contributed by atoms with Gasteiger partial charge in [0.2, 0.25) is 5.91 Å². The number of halogens is 1. The van der Waals surface area contributed by atoms with E-state index in [0.717, 1.165) is 5.69 Å². The van der Waals surface area contributed by atoms with Crippen LogP contribution in [0.15, 0.2) is 54.6 Å². The third kappa shape index (κ3) is 4.83. The van der Waals surface area contributed by atoms with Gasteiger partial charge in [-0.05, 0) is 43.3 Å². The highest BCUT2D eigenvalue weighted by Gasteiger charge is 2.22. The van der Waals surface area contributed by atoms with Gasteiger partial charge in [0.15, 0.2) is 0 Å². The van der Waals surface area contributed by atoms with Crippen LogP contribution in [0.5, 0.6) is 0 Å². The standard InChI is InChI=1S/C18H19ClN2O2/c1-12(13(2)20-16-10-8-15(19)9-11-16)17(22)21-18(23)14-6-4-3-5-7-14/h3-13,20H,1-2H3,(H,21,22,23)/t12-,13-/m0/s1. The van der Waals surface area contributed by atoms with Crippen LogP contribution in [0.25, 0.3) is 0 Å². The first-order valence-corrected chi connectivity index (χ1v) is 7.77. The summed E-state index contributed by atoms with van der Waals surface area (Å²) >= 11 is 5.85. The summed E-state index contributed by atoms with van der Waals surface area (Å²) in [6.07, 6.45) is 0. The molecule has 0 saturated heterocycles. The van der Waals surface area contributed by atoms with Crippen molar-refractivity contribution in [1.29, 1.82) is 0 Å². The molecule has 0 aliphatic rings. The molecule has 0 fully saturated rings. The van der Waals surface area contributed by atoms with E-state index in [2.05, 4.69) is 10.6 Å². The van der Waals surface area contributed by atoms with E-state index in [1.165, 1.54) is 0 Å². The van der Waals surface area contributed by atoms with Crippen molar-refractivity contribution in [2.24, 2.45) is 5.92 Å². The van der Waals surface area contributed by atoms with Gasteiger partial charge in [0, 0.05) is 22.3 Å². The van der Waals surface area contributed by atoms with Gasteiger partial charge in [-0.2, -0.15) is 0 Å². The van der Waals surface area contributed by atoms with Crippen molar-refractivity contribution in [2.75, 3.05) is 5.32 Å². The predicted molar refractivity (Wildman–Crippen MR) is 92.6 cm³/mol. The lowest BCUT2D eigenvalue weighted by atomic mass is 10.0. The molecule has 2 aromatic carbocycles. The first-order chi connectivity index (χ1) is 11.0. The number of rotatable bonds is 5. The van der Waals surface area contributed by atoms with E-state index in [1.807, 2.05) is 25.1 Å². The number of carbonyl (C=O) groups is 2. The summed E-state index contributed by atoms with van der Waals surface area (Å²) in [7, 11) is 0. The molecule has 4 nitrogen and oxygen atoms in total. The lowest BCUT2D eigenvalue weighted by Gasteiger charge is -2.21. The van der Waals surface area contributed by atoms with Crippen LogP contribution in [0.4, 0.5) is 5.69 Å². The largest absolute Gasteiger partial charge is 0.382 e. The zero-order chi connectivity index (χ0) is 16.8. The molecule has 0 spiro atoms. The van der Waals surface area contributed by atoms with Gasteiger partial charge in [0.05, 0.1) is 5.92 Å². The highest BCUT2D eigenvalue weighted by Crippen LogP contribution is 2.16. The molecule has 0 unspecified atom stereocenters. The third-order valence-corrected chi connectivity index (χ3v) is 3.93. The molecule has 0 saturated carbocycles. The maximum atomic E-state index is 12.2. The van der Waals surface area contributed by atoms with E-state index in [0.29, 0.717) is 10.6 Å². The molecule has 0 heterocycles. The lowest BCUT2D eigenvalue weighted by molar-refractivity contribution is -0.123. The van der Waals surface area contributed by atoms with Gasteiger partial charge in [0.25, 0.3) is 5.91 Å². The minimum atomic E-state index is -0.388. The Morgan fingerprint density at radius 1 is 0.957 bits per heavy atom. The number of nitrogens with one attached hydrogen (secondary N) is 2. The molecule has 2 amide bonds. The number of carbonyl (C=O) groups excluding carboxylic acids is 2. The van der Waals surface area contributed by atoms with Crippen LogP contribution in [0.1, 0.15) is 24.2 Å². The average Bonchev–Trinajstić information content (AvgIpc) is 2.56. The Kier molecular flexibility index (Phi) is 5.77. The van der Waals surface area contributed by atoms with E-state index >= 15 is 0 Å². The van der Waals surface area contributed by atoms with Crippen molar-refractivity contribution in [2.45, 2.75) is 19.9 Å². The molecule has 2 atom stereocenters. The number of benzene rings is 2. The molecule has 2 rings (SSSR count). The van der Waals surface area contributed by atoms with Crippen LogP contribution in [-0.2, 0) is 4.79 Å². The van der Waals surface area contributed by atoms with Crippen molar-refractivity contribution in [3.63, 3.8) is 0 Å². The number of anilines is 1. The van der Waals surface area contributed by atoms with Gasteiger partial charge in [-0.25, -0.2) is 0 Å². The molecular weight excluding hydrogens is 312 g/mol. The van der Waals surface area contributed by atoms with Crippen LogP contribution in [-0.4, -0.2) is 17.9 Å². The Bertz CT molecular complexity index is 671. The van der Waals surface area contributed by atoms with Gasteiger partial charge >= 0.3 is 0 Å². The Morgan fingerprint density at radius 2 is 1.57 bits per heavy atom. The minimum Gasteiger partial charge on any atom is -0.382 e. The van der Waals surface area contributed by atoms with E-state index in [4.69, 9.17) is 11.6 Å². The first kappa shape index (κ1) is 17.0. The van der Waals surface area contributed by atoms with Crippen molar-refractivity contribution in [3.8, 4) is 0 Å². The molecular formula is C18H19ClN2O2. The second-order valence-corrected chi connectivity index (χ2v) is 5.85. The Hall–Kier alpha value is -2.33. The molecule has 0 bridgehead atoms. The summed E-state index contributed by atoms with van der Waals surface area (Å²) in [5, 5.41) is 6.32. The fraction of sp³-hybridized carbons (Fsp3) is 0.222. The summed E-state index contributed by atoms with van der Waals surface area (Å²) in [6.45, 7) is 3.67. The summed E-state index contributed by atoms with van der Waals surface area (Å²) in [6, 6.07) is 15.8. The van der Waals surface area contributed by atoms with Crippen LogP contribution in [0.2, 0.25) is 5.02 Å². The Balaban J connectivity index is 1.93. The zero-order valence-corrected chi connectivity index (χ0v) is 13.8. The van der Waals surface area contributed by atoms with E-state index in [1.54, 1.807) is 43.3 Å². The smallest absolute Gasteiger partial charge is 0.257 e. The maximum absolute atomic E-state index is 12.2.